The lowest BCUT2D eigenvalue weighted by Crippen LogP contribution is -2.44. The van der Waals surface area contributed by atoms with Crippen molar-refractivity contribution in [1.82, 2.24) is 0 Å². The van der Waals surface area contributed by atoms with Crippen molar-refractivity contribution in [1.29, 1.82) is 0 Å². The van der Waals surface area contributed by atoms with Crippen LogP contribution in [0.3, 0.4) is 0 Å². The Hall–Kier alpha value is -2.49. The highest BCUT2D eigenvalue weighted by molar-refractivity contribution is 5.70. The van der Waals surface area contributed by atoms with Crippen LogP contribution in [0.4, 0.5) is 0 Å². The van der Waals surface area contributed by atoms with Gasteiger partial charge >= 0.3 is 11.9 Å². The van der Waals surface area contributed by atoms with Crippen molar-refractivity contribution in [3.05, 3.63) is 36.5 Å². The molecule has 0 radical (unpaired) electrons. The highest BCUT2D eigenvalue weighted by Crippen LogP contribution is 2.13. The number of carbonyl (C=O) groups is 3. The van der Waals surface area contributed by atoms with Gasteiger partial charge in [0.2, 0.25) is 0 Å². The molecule has 0 saturated heterocycles. The summed E-state index contributed by atoms with van der Waals surface area (Å²) in [7, 11) is 5.88. The number of hydrogen-bond donors (Lipinski definition) is 0. The van der Waals surface area contributed by atoms with E-state index in [4.69, 9.17) is 18.9 Å². The first-order valence-electron chi connectivity index (χ1n) is 19.1. The molecule has 0 amide bonds. The lowest BCUT2D eigenvalue weighted by Gasteiger charge is -2.26. The average molecular weight is 694 g/mol. The lowest BCUT2D eigenvalue weighted by atomic mass is 10.1. The molecular weight excluding hydrogens is 622 g/mol. The molecule has 2 unspecified atom stereocenters. The Morgan fingerprint density at radius 1 is 0.633 bits per heavy atom. The Labute approximate surface area is 299 Å². The van der Waals surface area contributed by atoms with E-state index in [1.807, 2.05) is 21.1 Å². The molecule has 0 saturated carbocycles. The first kappa shape index (κ1) is 46.5. The maximum Gasteiger partial charge on any atom is 0.306 e. The third kappa shape index (κ3) is 33.8. The first-order chi connectivity index (χ1) is 23.6. The predicted molar refractivity (Wildman–Crippen MR) is 196 cm³/mol. The monoisotopic (exact) mass is 694 g/mol. The second kappa shape index (κ2) is 32.7. The minimum absolute atomic E-state index is 0.142. The van der Waals surface area contributed by atoms with E-state index in [2.05, 4.69) is 50.3 Å². The molecule has 284 valence electrons. The molecule has 0 fully saturated rings. The molecule has 0 bridgehead atoms. The van der Waals surface area contributed by atoms with Gasteiger partial charge in [-0.2, -0.15) is 0 Å². The number of nitrogens with zero attached hydrogens (tertiary/aromatic N) is 1. The number of rotatable bonds is 34. The fourth-order valence-electron chi connectivity index (χ4n) is 4.90. The summed E-state index contributed by atoms with van der Waals surface area (Å²) in [5.74, 6) is -2.33. The minimum Gasteiger partial charge on any atom is -0.545 e. The van der Waals surface area contributed by atoms with E-state index in [-0.39, 0.29) is 38.6 Å². The van der Waals surface area contributed by atoms with Gasteiger partial charge in [0, 0.05) is 12.8 Å². The minimum atomic E-state index is -1.62. The van der Waals surface area contributed by atoms with Gasteiger partial charge in [-0.15, -0.1) is 0 Å². The summed E-state index contributed by atoms with van der Waals surface area (Å²) >= 11 is 0. The van der Waals surface area contributed by atoms with Gasteiger partial charge < -0.3 is 33.3 Å². The molecule has 0 aliphatic carbocycles. The number of unbranched alkanes of at least 4 members (excludes halogenated alkanes) is 13. The lowest BCUT2D eigenvalue weighted by molar-refractivity contribution is -0.870. The van der Waals surface area contributed by atoms with Crippen molar-refractivity contribution >= 4 is 17.9 Å². The van der Waals surface area contributed by atoms with Crippen LogP contribution in [-0.2, 0) is 33.3 Å². The second-order valence-electron chi connectivity index (χ2n) is 13.8. The number of quaternary nitrogens is 1. The number of allylic oxidation sites excluding steroid dienone is 6. The molecule has 0 spiro atoms. The van der Waals surface area contributed by atoms with E-state index in [1.54, 1.807) is 0 Å². The molecule has 2 atom stereocenters. The number of esters is 2. The van der Waals surface area contributed by atoms with Gasteiger partial charge in [0.1, 0.15) is 13.2 Å². The molecule has 0 aliphatic rings. The van der Waals surface area contributed by atoms with Crippen LogP contribution in [0.2, 0.25) is 0 Å². The SMILES string of the molecule is CC/C=C\C/C=C\C/C=C\CCCCCC(=O)OC(COC(=O)CCCCCCCCCCCCC)COC(OCC[N+](C)(C)C)C(=O)[O-]. The van der Waals surface area contributed by atoms with Crippen molar-refractivity contribution < 1.29 is 42.9 Å². The summed E-state index contributed by atoms with van der Waals surface area (Å²) in [5.41, 5.74) is 0. The largest absolute Gasteiger partial charge is 0.545 e. The molecule has 0 aromatic carbocycles. The fraction of sp³-hybridized carbons (Fsp3) is 0.775. The van der Waals surface area contributed by atoms with E-state index < -0.39 is 24.3 Å². The van der Waals surface area contributed by atoms with E-state index in [0.29, 0.717) is 17.4 Å². The number of likely N-dealkylation sites (N-methyl/N-ethyl adjacent to an activating group) is 1. The Bertz CT molecular complexity index is 908. The average Bonchev–Trinajstić information content (AvgIpc) is 3.05. The maximum atomic E-state index is 12.6. The van der Waals surface area contributed by atoms with Crippen LogP contribution < -0.4 is 5.11 Å². The van der Waals surface area contributed by atoms with E-state index in [1.165, 1.54) is 51.4 Å². The molecule has 49 heavy (non-hydrogen) atoms. The molecule has 9 nitrogen and oxygen atoms in total. The smallest absolute Gasteiger partial charge is 0.306 e. The number of carbonyl (C=O) groups excluding carboxylic acids is 3. The Kier molecular flexibility index (Phi) is 31.0. The number of ether oxygens (including phenoxy) is 4. The topological polar surface area (TPSA) is 111 Å². The van der Waals surface area contributed by atoms with Crippen LogP contribution in [0.1, 0.15) is 142 Å². The zero-order valence-corrected chi connectivity index (χ0v) is 31.8. The molecular formula is C40H71NO8. The number of carboxylic acid groups (broad SMARTS) is 1. The predicted octanol–water partition coefficient (Wildman–Crippen LogP) is 7.77. The quantitative estimate of drug-likeness (QED) is 0.0221. The molecule has 0 aliphatic heterocycles. The third-order valence-corrected chi connectivity index (χ3v) is 7.90. The van der Waals surface area contributed by atoms with Crippen molar-refractivity contribution in [3.63, 3.8) is 0 Å². The van der Waals surface area contributed by atoms with E-state index in [9.17, 15) is 19.5 Å². The molecule has 0 aromatic rings. The van der Waals surface area contributed by atoms with E-state index in [0.717, 1.165) is 57.8 Å². The molecule has 9 heteroatoms. The summed E-state index contributed by atoms with van der Waals surface area (Å²) < 4.78 is 22.4. The van der Waals surface area contributed by atoms with Gasteiger partial charge in [0.05, 0.1) is 40.3 Å². The zero-order chi connectivity index (χ0) is 36.4. The second-order valence-corrected chi connectivity index (χ2v) is 13.8. The van der Waals surface area contributed by atoms with E-state index >= 15 is 0 Å². The highest BCUT2D eigenvalue weighted by Gasteiger charge is 2.21. The van der Waals surface area contributed by atoms with Crippen LogP contribution in [0, 0.1) is 0 Å². The molecule has 0 aromatic heterocycles. The third-order valence-electron chi connectivity index (χ3n) is 7.90. The van der Waals surface area contributed by atoms with Crippen molar-refractivity contribution in [2.24, 2.45) is 0 Å². The van der Waals surface area contributed by atoms with Crippen LogP contribution in [0.25, 0.3) is 0 Å². The van der Waals surface area contributed by atoms with Gasteiger partial charge in [-0.1, -0.05) is 121 Å². The van der Waals surface area contributed by atoms with Gasteiger partial charge in [-0.05, 0) is 44.9 Å². The normalized spacial score (nSPS) is 13.4. The van der Waals surface area contributed by atoms with Crippen molar-refractivity contribution in [2.45, 2.75) is 155 Å². The number of aliphatic carboxylic acids is 1. The summed E-state index contributed by atoms with van der Waals surface area (Å²) in [6, 6.07) is 0. The number of carboxylic acids is 1. The van der Waals surface area contributed by atoms with Crippen molar-refractivity contribution in [2.75, 3.05) is 47.5 Å². The van der Waals surface area contributed by atoms with Crippen LogP contribution in [0.15, 0.2) is 36.5 Å². The maximum absolute atomic E-state index is 12.6. The van der Waals surface area contributed by atoms with Gasteiger partial charge in [0.15, 0.2) is 12.4 Å². The van der Waals surface area contributed by atoms with Gasteiger partial charge in [-0.25, -0.2) is 0 Å². The zero-order valence-electron chi connectivity index (χ0n) is 31.8. The number of hydrogen-bond acceptors (Lipinski definition) is 8. The highest BCUT2D eigenvalue weighted by atomic mass is 16.7. The molecule has 0 heterocycles. The summed E-state index contributed by atoms with van der Waals surface area (Å²) in [4.78, 5) is 36.7. The van der Waals surface area contributed by atoms with Crippen LogP contribution >= 0.6 is 0 Å². The summed E-state index contributed by atoms with van der Waals surface area (Å²) in [6.45, 7) is 4.55. The Morgan fingerprint density at radius 2 is 1.16 bits per heavy atom. The summed E-state index contributed by atoms with van der Waals surface area (Å²) in [5, 5.41) is 11.6. The summed E-state index contributed by atoms with van der Waals surface area (Å²) in [6.07, 6.45) is 30.4. The Morgan fingerprint density at radius 3 is 1.73 bits per heavy atom. The standard InChI is InChI=1S/C40H71NO8/c1-6-8-10-12-14-16-18-19-21-23-25-27-29-31-38(43)49-36(35-48-40(39(44)45)46-33-32-41(3,4)5)34-47-37(42)30-28-26-24-22-20-17-15-13-11-9-7-2/h8,10,14,16,19,21,36,40H,6-7,9,11-13,15,17-18,20,22-35H2,1-5H3/b10-8-,16-14-,21-19-. The fourth-order valence-corrected chi connectivity index (χ4v) is 4.90. The molecule has 0 N–H and O–H groups in total. The van der Waals surface area contributed by atoms with Gasteiger partial charge in [0.25, 0.3) is 0 Å². The van der Waals surface area contributed by atoms with Crippen LogP contribution in [-0.4, -0.2) is 82.3 Å². The Balaban J connectivity index is 4.60. The molecule has 0 rings (SSSR count). The van der Waals surface area contributed by atoms with Crippen LogP contribution in [0.5, 0.6) is 0 Å². The van der Waals surface area contributed by atoms with Crippen molar-refractivity contribution in [3.8, 4) is 0 Å². The van der Waals surface area contributed by atoms with Gasteiger partial charge in [-0.3, -0.25) is 9.59 Å². The first-order valence-corrected chi connectivity index (χ1v) is 19.1.